The van der Waals surface area contributed by atoms with Gasteiger partial charge in [0.05, 0.1) is 24.5 Å². The molecule has 0 radical (unpaired) electrons. The molecule has 0 unspecified atom stereocenters. The molecule has 5 rings (SSSR count). The molecule has 1 aromatic carbocycles. The minimum absolute atomic E-state index is 0.00761. The van der Waals surface area contributed by atoms with Gasteiger partial charge >= 0.3 is 0 Å². The first-order valence-corrected chi connectivity index (χ1v) is 11.0. The van der Waals surface area contributed by atoms with E-state index in [4.69, 9.17) is 0 Å². The molecule has 0 fully saturated rings. The number of rotatable bonds is 6. The number of hydrogen-bond acceptors (Lipinski definition) is 7. The summed E-state index contributed by atoms with van der Waals surface area (Å²) in [5.74, 6) is -0.0602. The SMILES string of the molecule is C[C@@H](N1CCn2nc(-c3cccs3)nc2C1)[C@](O)(Cn1cncn1)c1ccc(F)cc1F. The van der Waals surface area contributed by atoms with Gasteiger partial charge in [0.25, 0.3) is 0 Å². The van der Waals surface area contributed by atoms with Crippen molar-refractivity contribution in [2.75, 3.05) is 6.54 Å². The van der Waals surface area contributed by atoms with Gasteiger partial charge in [0, 0.05) is 24.2 Å². The van der Waals surface area contributed by atoms with Gasteiger partial charge in [-0.3, -0.25) is 4.90 Å². The van der Waals surface area contributed by atoms with E-state index >= 15 is 0 Å². The van der Waals surface area contributed by atoms with E-state index in [0.717, 1.165) is 22.8 Å². The molecule has 2 atom stereocenters. The first-order valence-electron chi connectivity index (χ1n) is 10.2. The molecule has 0 amide bonds. The van der Waals surface area contributed by atoms with Gasteiger partial charge in [-0.25, -0.2) is 28.1 Å². The van der Waals surface area contributed by atoms with Crippen LogP contribution in [0.2, 0.25) is 0 Å². The van der Waals surface area contributed by atoms with Gasteiger partial charge in [-0.2, -0.15) is 5.10 Å². The maximum absolute atomic E-state index is 14.8. The number of halogens is 2. The zero-order chi connectivity index (χ0) is 22.3. The van der Waals surface area contributed by atoms with Crippen LogP contribution >= 0.6 is 11.3 Å². The van der Waals surface area contributed by atoms with Crippen molar-refractivity contribution < 1.29 is 13.9 Å². The van der Waals surface area contributed by atoms with Crippen molar-refractivity contribution in [3.63, 3.8) is 0 Å². The van der Waals surface area contributed by atoms with Crippen LogP contribution in [-0.4, -0.2) is 52.1 Å². The minimum Gasteiger partial charge on any atom is -0.381 e. The lowest BCUT2D eigenvalue weighted by Crippen LogP contribution is -2.53. The van der Waals surface area contributed by atoms with Crippen LogP contribution in [0, 0.1) is 11.6 Å². The number of thiophene rings is 1. The third-order valence-corrected chi connectivity index (χ3v) is 6.81. The summed E-state index contributed by atoms with van der Waals surface area (Å²) < 4.78 is 31.7. The van der Waals surface area contributed by atoms with Gasteiger partial charge in [-0.05, 0) is 24.4 Å². The Morgan fingerprint density at radius 2 is 2.12 bits per heavy atom. The second-order valence-corrected chi connectivity index (χ2v) is 8.79. The van der Waals surface area contributed by atoms with Crippen molar-refractivity contribution in [3.8, 4) is 10.7 Å². The van der Waals surface area contributed by atoms with Crippen LogP contribution in [0.5, 0.6) is 0 Å². The first kappa shape index (κ1) is 20.9. The summed E-state index contributed by atoms with van der Waals surface area (Å²) in [6.07, 6.45) is 2.81. The van der Waals surface area contributed by atoms with Gasteiger partial charge in [0.15, 0.2) is 5.82 Å². The Morgan fingerprint density at radius 3 is 2.84 bits per heavy atom. The van der Waals surface area contributed by atoms with Crippen LogP contribution < -0.4 is 0 Å². The van der Waals surface area contributed by atoms with Crippen molar-refractivity contribution in [1.29, 1.82) is 0 Å². The molecule has 0 saturated carbocycles. The van der Waals surface area contributed by atoms with Gasteiger partial charge in [0.2, 0.25) is 0 Å². The monoisotopic (exact) mass is 457 g/mol. The summed E-state index contributed by atoms with van der Waals surface area (Å²) in [5, 5.41) is 22.5. The molecular formula is C21H21F2N7OS. The van der Waals surface area contributed by atoms with Crippen molar-refractivity contribution in [3.05, 3.63) is 71.4 Å². The predicted molar refractivity (Wildman–Crippen MR) is 113 cm³/mol. The highest BCUT2D eigenvalue weighted by Gasteiger charge is 2.43. The van der Waals surface area contributed by atoms with E-state index in [2.05, 4.69) is 20.2 Å². The molecule has 0 bridgehead atoms. The van der Waals surface area contributed by atoms with E-state index in [9.17, 15) is 13.9 Å². The third kappa shape index (κ3) is 3.72. The summed E-state index contributed by atoms with van der Waals surface area (Å²) in [7, 11) is 0. The quantitative estimate of drug-likeness (QED) is 0.479. The molecule has 166 valence electrons. The van der Waals surface area contributed by atoms with Crippen LogP contribution in [0.25, 0.3) is 10.7 Å². The molecule has 8 nitrogen and oxygen atoms in total. The topological polar surface area (TPSA) is 84.9 Å². The lowest BCUT2D eigenvalue weighted by atomic mass is 9.85. The Kier molecular flexibility index (Phi) is 5.31. The van der Waals surface area contributed by atoms with Crippen LogP contribution in [0.1, 0.15) is 18.3 Å². The van der Waals surface area contributed by atoms with Crippen molar-refractivity contribution >= 4 is 11.3 Å². The smallest absolute Gasteiger partial charge is 0.191 e. The highest BCUT2D eigenvalue weighted by Crippen LogP contribution is 2.34. The van der Waals surface area contributed by atoms with Crippen LogP contribution in [-0.2, 0) is 25.2 Å². The van der Waals surface area contributed by atoms with Gasteiger partial charge in [-0.1, -0.05) is 12.1 Å². The summed E-state index contributed by atoms with van der Waals surface area (Å²) in [4.78, 5) is 11.6. The number of aliphatic hydroxyl groups is 1. The molecule has 4 heterocycles. The Labute approximate surface area is 186 Å². The second kappa shape index (κ2) is 8.15. The molecule has 0 spiro atoms. The molecule has 0 aliphatic carbocycles. The van der Waals surface area contributed by atoms with E-state index in [1.807, 2.05) is 34.0 Å². The molecule has 1 aliphatic heterocycles. The Bertz CT molecular complexity index is 1210. The predicted octanol–water partition coefficient (Wildman–Crippen LogP) is 2.67. The normalized spacial score (nSPS) is 17.1. The molecule has 4 aromatic rings. The molecule has 3 aromatic heterocycles. The molecule has 0 saturated heterocycles. The second-order valence-electron chi connectivity index (χ2n) is 7.84. The number of hydrogen-bond donors (Lipinski definition) is 1. The summed E-state index contributed by atoms with van der Waals surface area (Å²) in [6, 6.07) is 6.62. The fraction of sp³-hybridized carbons (Fsp3) is 0.333. The van der Waals surface area contributed by atoms with E-state index in [1.54, 1.807) is 11.3 Å². The van der Waals surface area contributed by atoms with Crippen molar-refractivity contribution in [2.45, 2.75) is 38.2 Å². The van der Waals surface area contributed by atoms with Crippen LogP contribution in [0.4, 0.5) is 8.78 Å². The van der Waals surface area contributed by atoms with Gasteiger partial charge in [0.1, 0.15) is 35.7 Å². The molecular weight excluding hydrogens is 436 g/mol. The number of aromatic nitrogens is 6. The lowest BCUT2D eigenvalue weighted by Gasteiger charge is -2.42. The summed E-state index contributed by atoms with van der Waals surface area (Å²) in [5.41, 5.74) is -1.68. The van der Waals surface area contributed by atoms with Gasteiger partial charge in [-0.15, -0.1) is 16.4 Å². The summed E-state index contributed by atoms with van der Waals surface area (Å²) >= 11 is 1.57. The van der Waals surface area contributed by atoms with E-state index in [-0.39, 0.29) is 12.1 Å². The van der Waals surface area contributed by atoms with Crippen LogP contribution in [0.3, 0.4) is 0 Å². The Balaban J connectivity index is 1.47. The maximum Gasteiger partial charge on any atom is 0.191 e. The third-order valence-electron chi connectivity index (χ3n) is 5.94. The molecule has 32 heavy (non-hydrogen) atoms. The first-order chi connectivity index (χ1) is 15.4. The average molecular weight is 458 g/mol. The number of benzene rings is 1. The summed E-state index contributed by atoms with van der Waals surface area (Å²) in [6.45, 7) is 3.39. The maximum atomic E-state index is 14.8. The highest BCUT2D eigenvalue weighted by molar-refractivity contribution is 7.13. The average Bonchev–Trinajstić information content (AvgIpc) is 3.53. The molecule has 1 N–H and O–H groups in total. The number of nitrogens with zero attached hydrogens (tertiary/aromatic N) is 7. The number of fused-ring (bicyclic) bond motifs is 1. The largest absolute Gasteiger partial charge is 0.381 e. The highest BCUT2D eigenvalue weighted by atomic mass is 32.1. The molecule has 1 aliphatic rings. The van der Waals surface area contributed by atoms with E-state index in [0.29, 0.717) is 25.5 Å². The Hall–Kier alpha value is -3.02. The fourth-order valence-electron chi connectivity index (χ4n) is 4.14. The van der Waals surface area contributed by atoms with Crippen molar-refractivity contribution in [1.82, 2.24) is 34.4 Å². The minimum atomic E-state index is -1.69. The Morgan fingerprint density at radius 1 is 1.25 bits per heavy atom. The zero-order valence-electron chi connectivity index (χ0n) is 17.3. The van der Waals surface area contributed by atoms with E-state index in [1.165, 1.54) is 23.4 Å². The fourth-order valence-corrected chi connectivity index (χ4v) is 4.79. The lowest BCUT2D eigenvalue weighted by molar-refractivity contribution is -0.0714. The van der Waals surface area contributed by atoms with Gasteiger partial charge < -0.3 is 5.11 Å². The van der Waals surface area contributed by atoms with E-state index < -0.39 is 23.3 Å². The standard InChI is InChI=1S/C21H21F2N7OS/c1-14(28-6-7-30-19(10-28)26-20(27-30)18-3-2-8-32-18)21(31,11-29-13-24-12-25-29)16-5-4-15(22)9-17(16)23/h2-5,8-9,12-14,31H,6-7,10-11H2,1H3/t14-,21-/m1/s1. The van der Waals surface area contributed by atoms with Crippen molar-refractivity contribution in [2.24, 2.45) is 0 Å². The zero-order valence-corrected chi connectivity index (χ0v) is 18.1. The van der Waals surface area contributed by atoms with Crippen LogP contribution in [0.15, 0.2) is 48.4 Å². The molecule has 11 heteroatoms.